The average molecular weight is 358 g/mol. The zero-order valence-electron chi connectivity index (χ0n) is 12.9. The standard InChI is InChI=1S/C15H24BrN3O2/c1-4-17-10-12-5-6-14(13(16)9-12)19(2)11-15(20)18-7-8-21-3/h5-6,9,17H,4,7-8,10-11H2,1-3H3,(H,18,20). The number of benzene rings is 1. The van der Waals surface area contributed by atoms with Gasteiger partial charge in [0.15, 0.2) is 0 Å². The van der Waals surface area contributed by atoms with Crippen LogP contribution in [-0.2, 0) is 16.1 Å². The Morgan fingerprint density at radius 3 is 2.81 bits per heavy atom. The molecule has 0 aliphatic carbocycles. The van der Waals surface area contributed by atoms with Gasteiger partial charge in [-0.1, -0.05) is 13.0 Å². The molecule has 0 aliphatic heterocycles. The van der Waals surface area contributed by atoms with Crippen molar-refractivity contribution >= 4 is 27.5 Å². The van der Waals surface area contributed by atoms with Crippen molar-refractivity contribution in [2.75, 3.05) is 45.3 Å². The molecule has 0 heterocycles. The van der Waals surface area contributed by atoms with Gasteiger partial charge < -0.3 is 20.3 Å². The van der Waals surface area contributed by atoms with Crippen LogP contribution in [0, 0.1) is 0 Å². The fraction of sp³-hybridized carbons (Fsp3) is 0.533. The maximum Gasteiger partial charge on any atom is 0.239 e. The topological polar surface area (TPSA) is 53.6 Å². The summed E-state index contributed by atoms with van der Waals surface area (Å²) in [6.45, 7) is 5.25. The summed E-state index contributed by atoms with van der Waals surface area (Å²) in [5.74, 6) is -0.0156. The van der Waals surface area contributed by atoms with Gasteiger partial charge in [-0.25, -0.2) is 0 Å². The second kappa shape index (κ2) is 9.76. The van der Waals surface area contributed by atoms with Crippen LogP contribution >= 0.6 is 15.9 Å². The molecule has 6 heteroatoms. The summed E-state index contributed by atoms with van der Waals surface area (Å²) in [5.41, 5.74) is 2.21. The smallest absolute Gasteiger partial charge is 0.239 e. The van der Waals surface area contributed by atoms with Crippen LogP contribution < -0.4 is 15.5 Å². The molecule has 5 nitrogen and oxygen atoms in total. The summed E-state index contributed by atoms with van der Waals surface area (Å²) in [6.07, 6.45) is 0. The fourth-order valence-corrected chi connectivity index (χ4v) is 2.62. The molecule has 0 fully saturated rings. The van der Waals surface area contributed by atoms with Gasteiger partial charge in [-0.3, -0.25) is 4.79 Å². The van der Waals surface area contributed by atoms with E-state index < -0.39 is 0 Å². The van der Waals surface area contributed by atoms with E-state index in [4.69, 9.17) is 4.74 Å². The maximum atomic E-state index is 11.8. The highest BCUT2D eigenvalue weighted by Gasteiger charge is 2.10. The number of methoxy groups -OCH3 is 1. The van der Waals surface area contributed by atoms with Crippen LogP contribution in [0.25, 0.3) is 0 Å². The minimum Gasteiger partial charge on any atom is -0.383 e. The van der Waals surface area contributed by atoms with E-state index >= 15 is 0 Å². The lowest BCUT2D eigenvalue weighted by atomic mass is 10.2. The molecule has 0 spiro atoms. The lowest BCUT2D eigenvalue weighted by molar-refractivity contribution is -0.119. The number of halogens is 1. The van der Waals surface area contributed by atoms with E-state index in [0.717, 1.165) is 23.2 Å². The van der Waals surface area contributed by atoms with Crippen molar-refractivity contribution in [3.8, 4) is 0 Å². The Morgan fingerprint density at radius 2 is 2.19 bits per heavy atom. The summed E-state index contributed by atoms with van der Waals surface area (Å²) < 4.78 is 5.90. The van der Waals surface area contributed by atoms with Gasteiger partial charge in [-0.2, -0.15) is 0 Å². The van der Waals surface area contributed by atoms with E-state index in [9.17, 15) is 4.79 Å². The quantitative estimate of drug-likeness (QED) is 0.661. The molecule has 0 atom stereocenters. The van der Waals surface area contributed by atoms with Crippen LogP contribution in [-0.4, -0.2) is 46.3 Å². The van der Waals surface area contributed by atoms with Crippen molar-refractivity contribution in [3.63, 3.8) is 0 Å². The van der Waals surface area contributed by atoms with Gasteiger partial charge in [0.2, 0.25) is 5.91 Å². The average Bonchev–Trinajstić information content (AvgIpc) is 2.45. The number of ether oxygens (including phenoxy) is 1. The minimum atomic E-state index is -0.0156. The largest absolute Gasteiger partial charge is 0.383 e. The Balaban J connectivity index is 2.57. The third-order valence-corrected chi connectivity index (χ3v) is 3.65. The van der Waals surface area contributed by atoms with Crippen LogP contribution in [0.2, 0.25) is 0 Å². The molecule has 0 bridgehead atoms. The zero-order valence-corrected chi connectivity index (χ0v) is 14.5. The number of rotatable bonds is 9. The van der Waals surface area contributed by atoms with Crippen LogP contribution in [0.15, 0.2) is 22.7 Å². The highest BCUT2D eigenvalue weighted by Crippen LogP contribution is 2.26. The van der Waals surface area contributed by atoms with Gasteiger partial charge in [-0.05, 0) is 40.2 Å². The number of hydrogen-bond donors (Lipinski definition) is 2. The van der Waals surface area contributed by atoms with Crippen molar-refractivity contribution in [1.82, 2.24) is 10.6 Å². The molecular weight excluding hydrogens is 334 g/mol. The summed E-state index contributed by atoms with van der Waals surface area (Å²) in [5, 5.41) is 6.10. The molecular formula is C15H24BrN3O2. The number of likely N-dealkylation sites (N-methyl/N-ethyl adjacent to an activating group) is 1. The van der Waals surface area contributed by atoms with Gasteiger partial charge in [0.1, 0.15) is 0 Å². The Labute approximate surface area is 135 Å². The molecule has 0 saturated heterocycles. The number of carbonyl (C=O) groups is 1. The van der Waals surface area contributed by atoms with Crippen molar-refractivity contribution in [2.45, 2.75) is 13.5 Å². The van der Waals surface area contributed by atoms with E-state index in [-0.39, 0.29) is 5.91 Å². The van der Waals surface area contributed by atoms with Crippen molar-refractivity contribution in [3.05, 3.63) is 28.2 Å². The highest BCUT2D eigenvalue weighted by molar-refractivity contribution is 9.10. The predicted molar refractivity (Wildman–Crippen MR) is 89.7 cm³/mol. The summed E-state index contributed by atoms with van der Waals surface area (Å²) in [7, 11) is 3.52. The molecule has 0 radical (unpaired) electrons. The number of nitrogens with one attached hydrogen (secondary N) is 2. The van der Waals surface area contributed by atoms with Crippen molar-refractivity contribution in [2.24, 2.45) is 0 Å². The SMILES string of the molecule is CCNCc1ccc(N(C)CC(=O)NCCOC)c(Br)c1. The molecule has 1 aromatic rings. The molecule has 118 valence electrons. The zero-order chi connectivity index (χ0) is 15.7. The molecule has 1 aromatic carbocycles. The minimum absolute atomic E-state index is 0.0156. The van der Waals surface area contributed by atoms with E-state index in [1.807, 2.05) is 18.0 Å². The summed E-state index contributed by atoms with van der Waals surface area (Å²) >= 11 is 3.57. The van der Waals surface area contributed by atoms with Gasteiger partial charge in [0.05, 0.1) is 18.8 Å². The van der Waals surface area contributed by atoms with Gasteiger partial charge in [0, 0.05) is 31.7 Å². The van der Waals surface area contributed by atoms with Crippen molar-refractivity contribution in [1.29, 1.82) is 0 Å². The van der Waals surface area contributed by atoms with Crippen LogP contribution in [0.4, 0.5) is 5.69 Å². The van der Waals surface area contributed by atoms with Crippen LogP contribution in [0.5, 0.6) is 0 Å². The van der Waals surface area contributed by atoms with Crippen LogP contribution in [0.3, 0.4) is 0 Å². The third-order valence-electron chi connectivity index (χ3n) is 3.01. The molecule has 2 N–H and O–H groups in total. The van der Waals surface area contributed by atoms with Crippen molar-refractivity contribution < 1.29 is 9.53 Å². The Hall–Kier alpha value is -1.11. The maximum absolute atomic E-state index is 11.8. The van der Waals surface area contributed by atoms with Gasteiger partial charge >= 0.3 is 0 Å². The number of amides is 1. The number of anilines is 1. The number of nitrogens with zero attached hydrogens (tertiary/aromatic N) is 1. The molecule has 1 amide bonds. The normalized spacial score (nSPS) is 10.5. The summed E-state index contributed by atoms with van der Waals surface area (Å²) in [4.78, 5) is 13.7. The molecule has 1 rings (SSSR count). The predicted octanol–water partition coefficient (Wildman–Crippen LogP) is 1.76. The first-order valence-corrected chi connectivity index (χ1v) is 7.83. The fourth-order valence-electron chi connectivity index (χ4n) is 1.89. The second-order valence-electron chi connectivity index (χ2n) is 4.76. The first kappa shape index (κ1) is 17.9. The van der Waals surface area contributed by atoms with E-state index in [1.165, 1.54) is 5.56 Å². The lowest BCUT2D eigenvalue weighted by Gasteiger charge is -2.21. The first-order valence-electron chi connectivity index (χ1n) is 7.04. The highest BCUT2D eigenvalue weighted by atomic mass is 79.9. The van der Waals surface area contributed by atoms with Gasteiger partial charge in [0.25, 0.3) is 0 Å². The molecule has 0 aliphatic rings. The molecule has 0 saturated carbocycles. The Morgan fingerprint density at radius 1 is 1.43 bits per heavy atom. The van der Waals surface area contributed by atoms with E-state index in [0.29, 0.717) is 19.7 Å². The number of carbonyl (C=O) groups excluding carboxylic acids is 1. The Kier molecular flexibility index (Phi) is 8.34. The van der Waals surface area contributed by atoms with E-state index in [2.05, 4.69) is 45.6 Å². The third kappa shape index (κ3) is 6.46. The summed E-state index contributed by atoms with van der Waals surface area (Å²) in [6, 6.07) is 6.18. The molecule has 0 aromatic heterocycles. The van der Waals surface area contributed by atoms with Gasteiger partial charge in [-0.15, -0.1) is 0 Å². The van der Waals surface area contributed by atoms with E-state index in [1.54, 1.807) is 7.11 Å². The van der Waals surface area contributed by atoms with Crippen LogP contribution in [0.1, 0.15) is 12.5 Å². The Bertz CT molecular complexity index is 455. The monoisotopic (exact) mass is 357 g/mol. The number of hydrogen-bond acceptors (Lipinski definition) is 4. The molecule has 21 heavy (non-hydrogen) atoms. The second-order valence-corrected chi connectivity index (χ2v) is 5.62. The molecule has 0 unspecified atom stereocenters. The lowest BCUT2D eigenvalue weighted by Crippen LogP contribution is -2.36. The first-order chi connectivity index (χ1) is 10.1.